The molecule has 0 unspecified atom stereocenters. The quantitative estimate of drug-likeness (QED) is 0.389. The Bertz CT molecular complexity index is 385. The summed E-state index contributed by atoms with van der Waals surface area (Å²) in [6, 6.07) is 9.05. The summed E-state index contributed by atoms with van der Waals surface area (Å²) in [6.07, 6.45) is 2.46. The van der Waals surface area contributed by atoms with Gasteiger partial charge in [-0.05, 0) is 19.1 Å². The Hall–Kier alpha value is -1.88. The predicted molar refractivity (Wildman–Crippen MR) is 50.3 cm³/mol. The molecule has 0 aliphatic rings. The number of aryl methyl sites for hydroxylation is 1. The molecule has 0 aromatic heterocycles. The number of nitrogens with zero attached hydrogens (tertiary/aromatic N) is 1. The van der Waals surface area contributed by atoms with Gasteiger partial charge in [0.2, 0.25) is 0 Å². The highest BCUT2D eigenvalue weighted by molar-refractivity contribution is 6.04. The van der Waals surface area contributed by atoms with Gasteiger partial charge in [-0.15, -0.1) is 0 Å². The maximum absolute atomic E-state index is 11.3. The van der Waals surface area contributed by atoms with E-state index in [1.807, 2.05) is 19.1 Å². The van der Waals surface area contributed by atoms with Crippen LogP contribution in [0.15, 0.2) is 36.4 Å². The summed E-state index contributed by atoms with van der Waals surface area (Å²) in [5, 5.41) is 8.23. The van der Waals surface area contributed by atoms with Gasteiger partial charge in [-0.1, -0.05) is 23.8 Å². The van der Waals surface area contributed by atoms with Crippen molar-refractivity contribution in [2.24, 2.45) is 0 Å². The van der Waals surface area contributed by atoms with Crippen LogP contribution in [0, 0.1) is 18.3 Å². The summed E-state index contributed by atoms with van der Waals surface area (Å²) in [6.45, 7) is 1.92. The van der Waals surface area contributed by atoms with Crippen LogP contribution in [0.5, 0.6) is 0 Å². The fourth-order valence-corrected chi connectivity index (χ4v) is 1.01. The average molecular weight is 171 g/mol. The number of hydrogen-bond donors (Lipinski definition) is 0. The molecular formula is C11H9NO. The van der Waals surface area contributed by atoms with E-state index in [0.717, 1.165) is 5.56 Å². The molecule has 0 heterocycles. The zero-order valence-corrected chi connectivity index (χ0v) is 7.32. The third-order valence-corrected chi connectivity index (χ3v) is 1.61. The molecule has 0 bridgehead atoms. The van der Waals surface area contributed by atoms with Crippen LogP contribution in [0.3, 0.4) is 0 Å². The topological polar surface area (TPSA) is 40.9 Å². The summed E-state index contributed by atoms with van der Waals surface area (Å²) in [5.41, 5.74) is 1.66. The Morgan fingerprint density at radius 3 is 2.92 bits per heavy atom. The number of carbonyl (C=O) groups is 1. The van der Waals surface area contributed by atoms with E-state index in [4.69, 9.17) is 5.26 Å². The predicted octanol–water partition coefficient (Wildman–Crippen LogP) is 2.26. The summed E-state index contributed by atoms with van der Waals surface area (Å²) < 4.78 is 0. The molecule has 2 nitrogen and oxygen atoms in total. The molecule has 1 aromatic rings. The minimum atomic E-state index is -0.134. The largest absolute Gasteiger partial charge is 0.289 e. The summed E-state index contributed by atoms with van der Waals surface area (Å²) in [4.78, 5) is 11.3. The Morgan fingerprint density at radius 2 is 2.31 bits per heavy atom. The first-order chi connectivity index (χ1) is 6.24. The molecule has 0 atom stereocenters. The number of nitriles is 1. The Morgan fingerprint density at radius 1 is 1.54 bits per heavy atom. The smallest absolute Gasteiger partial charge is 0.186 e. The highest BCUT2D eigenvalue weighted by atomic mass is 16.1. The summed E-state index contributed by atoms with van der Waals surface area (Å²) in [5.74, 6) is -0.134. The molecule has 13 heavy (non-hydrogen) atoms. The van der Waals surface area contributed by atoms with Crippen LogP contribution >= 0.6 is 0 Å². The second-order valence-electron chi connectivity index (χ2n) is 2.70. The van der Waals surface area contributed by atoms with Gasteiger partial charge in [0.25, 0.3) is 0 Å². The standard InChI is InChI=1S/C11H9NO/c1-9-4-2-5-10(8-9)11(13)6-3-7-12/h2-6,8H,1H3. The lowest BCUT2D eigenvalue weighted by Crippen LogP contribution is -1.93. The van der Waals surface area contributed by atoms with Crippen LogP contribution in [0.25, 0.3) is 0 Å². The van der Waals surface area contributed by atoms with Gasteiger partial charge in [-0.25, -0.2) is 0 Å². The van der Waals surface area contributed by atoms with Crippen LogP contribution < -0.4 is 0 Å². The van der Waals surface area contributed by atoms with Crippen molar-refractivity contribution in [1.29, 1.82) is 5.26 Å². The van der Waals surface area contributed by atoms with Crippen LogP contribution in [-0.4, -0.2) is 5.78 Å². The van der Waals surface area contributed by atoms with Crippen molar-refractivity contribution in [1.82, 2.24) is 0 Å². The van der Waals surface area contributed by atoms with Crippen molar-refractivity contribution in [2.45, 2.75) is 6.92 Å². The van der Waals surface area contributed by atoms with Crippen molar-refractivity contribution in [3.63, 3.8) is 0 Å². The first kappa shape index (κ1) is 9.21. The van der Waals surface area contributed by atoms with Crippen molar-refractivity contribution in [3.8, 4) is 6.07 Å². The lowest BCUT2D eigenvalue weighted by molar-refractivity contribution is 0.104. The number of hydrogen-bond acceptors (Lipinski definition) is 2. The van der Waals surface area contributed by atoms with Crippen LogP contribution in [0.4, 0.5) is 0 Å². The van der Waals surface area contributed by atoms with Crippen LogP contribution in [0.1, 0.15) is 15.9 Å². The highest BCUT2D eigenvalue weighted by Crippen LogP contribution is 2.05. The van der Waals surface area contributed by atoms with Crippen LogP contribution in [0.2, 0.25) is 0 Å². The monoisotopic (exact) mass is 171 g/mol. The van der Waals surface area contributed by atoms with E-state index in [0.29, 0.717) is 5.56 Å². The van der Waals surface area contributed by atoms with Gasteiger partial charge in [0, 0.05) is 11.6 Å². The summed E-state index contributed by atoms with van der Waals surface area (Å²) in [7, 11) is 0. The van der Waals surface area contributed by atoms with E-state index in [2.05, 4.69) is 0 Å². The average Bonchev–Trinajstić information content (AvgIpc) is 2.14. The first-order valence-electron chi connectivity index (χ1n) is 3.91. The molecule has 0 amide bonds. The molecule has 0 saturated carbocycles. The van der Waals surface area contributed by atoms with E-state index >= 15 is 0 Å². The molecule has 1 aromatic carbocycles. The fourth-order valence-electron chi connectivity index (χ4n) is 1.01. The van der Waals surface area contributed by atoms with Gasteiger partial charge in [0.05, 0.1) is 6.07 Å². The van der Waals surface area contributed by atoms with Gasteiger partial charge in [-0.3, -0.25) is 4.79 Å². The molecule has 2 heteroatoms. The van der Waals surface area contributed by atoms with Crippen molar-refractivity contribution in [3.05, 3.63) is 47.5 Å². The van der Waals surface area contributed by atoms with Gasteiger partial charge < -0.3 is 0 Å². The second-order valence-corrected chi connectivity index (χ2v) is 2.70. The number of rotatable bonds is 2. The van der Waals surface area contributed by atoms with E-state index < -0.39 is 0 Å². The highest BCUT2D eigenvalue weighted by Gasteiger charge is 1.99. The molecule has 0 saturated heterocycles. The molecule has 0 spiro atoms. The maximum atomic E-state index is 11.3. The Balaban J connectivity index is 2.91. The molecule has 0 aliphatic heterocycles. The van der Waals surface area contributed by atoms with Gasteiger partial charge in [-0.2, -0.15) is 5.26 Å². The van der Waals surface area contributed by atoms with E-state index in [9.17, 15) is 4.79 Å². The molecular weight excluding hydrogens is 162 g/mol. The zero-order chi connectivity index (χ0) is 9.68. The number of allylic oxidation sites excluding steroid dienone is 2. The van der Waals surface area contributed by atoms with Crippen molar-refractivity contribution < 1.29 is 4.79 Å². The number of benzene rings is 1. The molecule has 0 aliphatic carbocycles. The number of ketones is 1. The lowest BCUT2D eigenvalue weighted by atomic mass is 10.1. The molecule has 0 N–H and O–H groups in total. The molecule has 64 valence electrons. The first-order valence-corrected chi connectivity index (χ1v) is 3.91. The van der Waals surface area contributed by atoms with E-state index in [1.165, 1.54) is 12.2 Å². The number of carbonyl (C=O) groups excluding carboxylic acids is 1. The lowest BCUT2D eigenvalue weighted by Gasteiger charge is -1.95. The normalized spacial score (nSPS) is 9.85. The third kappa shape index (κ3) is 2.57. The maximum Gasteiger partial charge on any atom is 0.186 e. The van der Waals surface area contributed by atoms with Gasteiger partial charge >= 0.3 is 0 Å². The van der Waals surface area contributed by atoms with E-state index in [1.54, 1.807) is 18.2 Å². The SMILES string of the molecule is Cc1cccc(C(=O)C=CC#N)c1. The van der Waals surface area contributed by atoms with Crippen molar-refractivity contribution in [2.75, 3.05) is 0 Å². The minimum Gasteiger partial charge on any atom is -0.289 e. The van der Waals surface area contributed by atoms with Gasteiger partial charge in [0.15, 0.2) is 5.78 Å². The van der Waals surface area contributed by atoms with Gasteiger partial charge in [0.1, 0.15) is 0 Å². The third-order valence-electron chi connectivity index (χ3n) is 1.61. The molecule has 0 fully saturated rings. The molecule has 1 rings (SSSR count). The summed E-state index contributed by atoms with van der Waals surface area (Å²) >= 11 is 0. The fraction of sp³-hybridized carbons (Fsp3) is 0.0909. The second kappa shape index (κ2) is 4.22. The van der Waals surface area contributed by atoms with Crippen LogP contribution in [-0.2, 0) is 0 Å². The van der Waals surface area contributed by atoms with Crippen molar-refractivity contribution >= 4 is 5.78 Å². The Labute approximate surface area is 77.1 Å². The minimum absolute atomic E-state index is 0.134. The Kier molecular flexibility index (Phi) is 2.99. The zero-order valence-electron chi connectivity index (χ0n) is 7.32. The van der Waals surface area contributed by atoms with E-state index in [-0.39, 0.29) is 5.78 Å². The molecule has 0 radical (unpaired) electrons.